The minimum absolute atomic E-state index is 0.134. The summed E-state index contributed by atoms with van der Waals surface area (Å²) in [5, 5.41) is -0.300. The second-order valence-electron chi connectivity index (χ2n) is 7.64. The predicted molar refractivity (Wildman–Crippen MR) is 115 cm³/mol. The molecule has 0 aliphatic carbocycles. The van der Waals surface area contributed by atoms with E-state index in [2.05, 4.69) is 0 Å². The molecule has 1 fully saturated rings. The van der Waals surface area contributed by atoms with Gasteiger partial charge in [-0.2, -0.15) is 0 Å². The molecule has 3 nitrogen and oxygen atoms in total. The zero-order valence-corrected chi connectivity index (χ0v) is 15.8. The first-order valence-electron chi connectivity index (χ1n) is 14.3. The lowest BCUT2D eigenvalue weighted by atomic mass is 9.74. The molecular formula is C24H23BO3. The Morgan fingerprint density at radius 1 is 0.714 bits per heavy atom. The SMILES string of the molecule is [2H]c1c([2H])c([2H])c(-c2c([2H])c([2H])c([2H])c3oc4c([2H])c([2H])c([2H])c([2H])c4c23)c(B2OC(C)(C)C(C)(C)O2)c1[2H]. The second kappa shape index (κ2) is 5.97. The van der Waals surface area contributed by atoms with Crippen molar-refractivity contribution in [3.8, 4) is 11.1 Å². The number of hydrogen-bond acceptors (Lipinski definition) is 3. The molecule has 1 aromatic heterocycles. The molecule has 2 heterocycles. The number of furan rings is 1. The molecule has 0 bridgehead atoms. The normalized spacial score (nSPS) is 23.7. The Bertz CT molecular complexity index is 1730. The van der Waals surface area contributed by atoms with Crippen LogP contribution in [0.4, 0.5) is 0 Å². The van der Waals surface area contributed by atoms with Crippen molar-refractivity contribution in [2.24, 2.45) is 0 Å². The van der Waals surface area contributed by atoms with Crippen molar-refractivity contribution in [3.63, 3.8) is 0 Å². The molecule has 0 N–H and O–H groups in total. The highest BCUT2D eigenvalue weighted by molar-refractivity contribution is 6.64. The summed E-state index contributed by atoms with van der Waals surface area (Å²) in [5.74, 6) is 0. The molecule has 1 saturated heterocycles. The molecule has 140 valence electrons. The fourth-order valence-corrected chi connectivity index (χ4v) is 3.20. The van der Waals surface area contributed by atoms with Crippen LogP contribution in [0.15, 0.2) is 70.9 Å². The molecule has 1 aliphatic rings. The van der Waals surface area contributed by atoms with Gasteiger partial charge < -0.3 is 13.7 Å². The lowest BCUT2D eigenvalue weighted by Gasteiger charge is -2.32. The summed E-state index contributed by atoms with van der Waals surface area (Å²) in [6, 6.07) is -6.18. The molecule has 0 spiro atoms. The van der Waals surface area contributed by atoms with Crippen molar-refractivity contribution in [1.82, 2.24) is 0 Å². The fourth-order valence-electron chi connectivity index (χ4n) is 3.20. The first kappa shape index (κ1) is 9.30. The Balaban J connectivity index is 2.04. The monoisotopic (exact) mass is 381 g/mol. The van der Waals surface area contributed by atoms with Crippen LogP contribution in [0.3, 0.4) is 0 Å². The van der Waals surface area contributed by atoms with Gasteiger partial charge in [0.25, 0.3) is 0 Å². The summed E-state index contributed by atoms with van der Waals surface area (Å²) in [6.45, 7) is 7.07. The summed E-state index contributed by atoms with van der Waals surface area (Å²) in [7, 11) is -1.31. The Morgan fingerprint density at radius 3 is 2.11 bits per heavy atom. The van der Waals surface area contributed by atoms with Gasteiger partial charge in [-0.25, -0.2) is 0 Å². The summed E-state index contributed by atoms with van der Waals surface area (Å²) >= 11 is 0. The molecular weight excluding hydrogens is 347 g/mol. The molecule has 28 heavy (non-hydrogen) atoms. The van der Waals surface area contributed by atoms with Crippen LogP contribution in [0, 0.1) is 0 Å². The van der Waals surface area contributed by atoms with Gasteiger partial charge in [-0.15, -0.1) is 0 Å². The van der Waals surface area contributed by atoms with Crippen molar-refractivity contribution in [1.29, 1.82) is 0 Å². The Morgan fingerprint density at radius 2 is 1.32 bits per heavy atom. The van der Waals surface area contributed by atoms with Gasteiger partial charge >= 0.3 is 7.12 Å². The maximum atomic E-state index is 8.83. The Labute approximate surface area is 180 Å². The fraction of sp³-hybridized carbons (Fsp3) is 0.250. The van der Waals surface area contributed by atoms with Crippen LogP contribution >= 0.6 is 0 Å². The first-order valence-corrected chi connectivity index (χ1v) is 8.83. The van der Waals surface area contributed by atoms with Crippen molar-refractivity contribution in [2.45, 2.75) is 38.9 Å². The minimum Gasteiger partial charge on any atom is -0.456 e. The van der Waals surface area contributed by atoms with E-state index in [-0.39, 0.29) is 38.5 Å². The van der Waals surface area contributed by atoms with Crippen LogP contribution in [0.1, 0.15) is 42.8 Å². The van der Waals surface area contributed by atoms with Crippen LogP contribution < -0.4 is 5.46 Å². The van der Waals surface area contributed by atoms with Gasteiger partial charge in [-0.1, -0.05) is 54.4 Å². The molecule has 1 aliphatic heterocycles. The van der Waals surface area contributed by atoms with Gasteiger partial charge in [0.05, 0.1) is 26.3 Å². The van der Waals surface area contributed by atoms with E-state index in [0.29, 0.717) is 0 Å². The lowest BCUT2D eigenvalue weighted by molar-refractivity contribution is 0.00578. The summed E-state index contributed by atoms with van der Waals surface area (Å²) in [5.41, 5.74) is -3.00. The number of fused-ring (bicyclic) bond motifs is 3. The third kappa shape index (κ3) is 2.52. The topological polar surface area (TPSA) is 31.6 Å². The molecule has 0 unspecified atom stereocenters. The molecule has 0 saturated carbocycles. The van der Waals surface area contributed by atoms with E-state index in [1.54, 1.807) is 27.7 Å². The van der Waals surface area contributed by atoms with Gasteiger partial charge in [0.15, 0.2) is 0 Å². The van der Waals surface area contributed by atoms with E-state index in [9.17, 15) is 0 Å². The Kier molecular flexibility index (Phi) is 1.98. The van der Waals surface area contributed by atoms with Crippen LogP contribution in [0.5, 0.6) is 0 Å². The first-order chi connectivity index (χ1) is 17.9. The van der Waals surface area contributed by atoms with E-state index in [0.717, 1.165) is 0 Å². The molecule has 0 amide bonds. The zero-order valence-electron chi connectivity index (χ0n) is 26.8. The van der Waals surface area contributed by atoms with Crippen LogP contribution in [0.25, 0.3) is 33.1 Å². The van der Waals surface area contributed by atoms with E-state index in [4.69, 9.17) is 28.8 Å². The third-order valence-corrected chi connectivity index (χ3v) is 5.40. The van der Waals surface area contributed by atoms with E-state index >= 15 is 0 Å². The van der Waals surface area contributed by atoms with E-state index < -0.39 is 84.8 Å². The van der Waals surface area contributed by atoms with E-state index in [1.807, 2.05) is 0 Å². The van der Waals surface area contributed by atoms with Crippen LogP contribution in [0.2, 0.25) is 0 Å². The number of para-hydroxylation sites is 1. The van der Waals surface area contributed by atoms with Gasteiger partial charge in [0.1, 0.15) is 11.2 Å². The Hall–Kier alpha value is -2.56. The van der Waals surface area contributed by atoms with Crippen molar-refractivity contribution >= 4 is 34.5 Å². The smallest absolute Gasteiger partial charge is 0.456 e. The maximum Gasteiger partial charge on any atom is 0.495 e. The standard InChI is InChI=1S/C24H23BO3/c1-23(2)24(3,4)28-25(27-23)19-13-7-5-10-16(19)17-12-9-15-21-22(17)18-11-6-8-14-20(18)26-21/h5-15H,1-4H3/i5D,6D,7D,8D,9D,10D,11D,12D,13D,14D,15D. The predicted octanol–water partition coefficient (Wildman–Crippen LogP) is 5.55. The number of hydrogen-bond donors (Lipinski definition) is 0. The molecule has 4 aromatic rings. The van der Waals surface area contributed by atoms with E-state index in [1.165, 1.54) is 0 Å². The van der Waals surface area contributed by atoms with Gasteiger partial charge in [-0.05, 0) is 56.4 Å². The van der Waals surface area contributed by atoms with Crippen LogP contribution in [-0.2, 0) is 9.31 Å². The second-order valence-corrected chi connectivity index (χ2v) is 7.64. The van der Waals surface area contributed by atoms with Gasteiger partial charge in [-0.3, -0.25) is 0 Å². The number of rotatable bonds is 2. The van der Waals surface area contributed by atoms with Crippen molar-refractivity contribution in [2.75, 3.05) is 0 Å². The van der Waals surface area contributed by atoms with Crippen LogP contribution in [-0.4, -0.2) is 18.3 Å². The average Bonchev–Trinajstić information content (AvgIpc) is 3.35. The highest BCUT2D eigenvalue weighted by Gasteiger charge is 2.52. The third-order valence-electron chi connectivity index (χ3n) is 5.40. The summed E-state index contributed by atoms with van der Waals surface area (Å²) in [6.07, 6.45) is 0. The highest BCUT2D eigenvalue weighted by atomic mass is 16.7. The highest BCUT2D eigenvalue weighted by Crippen LogP contribution is 2.39. The minimum atomic E-state index is -1.31. The summed E-state index contributed by atoms with van der Waals surface area (Å²) < 4.78 is 111. The molecule has 4 heteroatoms. The summed E-state index contributed by atoms with van der Waals surface area (Å²) in [4.78, 5) is 0. The van der Waals surface area contributed by atoms with Gasteiger partial charge in [0, 0.05) is 10.8 Å². The number of benzene rings is 3. The zero-order chi connectivity index (χ0) is 29.1. The lowest BCUT2D eigenvalue weighted by Crippen LogP contribution is -2.41. The molecule has 0 atom stereocenters. The van der Waals surface area contributed by atoms with Gasteiger partial charge in [0.2, 0.25) is 0 Å². The average molecular weight is 381 g/mol. The molecule has 5 rings (SSSR count). The van der Waals surface area contributed by atoms with Crippen molar-refractivity contribution < 1.29 is 28.8 Å². The molecule has 0 radical (unpaired) electrons. The maximum absolute atomic E-state index is 8.83. The van der Waals surface area contributed by atoms with Crippen molar-refractivity contribution in [3.05, 3.63) is 66.5 Å². The largest absolute Gasteiger partial charge is 0.495 e. The quantitative estimate of drug-likeness (QED) is 0.427. The molecule has 3 aromatic carbocycles.